The first-order valence-corrected chi connectivity index (χ1v) is 5.91. The van der Waals surface area contributed by atoms with E-state index in [-0.39, 0.29) is 5.91 Å². The summed E-state index contributed by atoms with van der Waals surface area (Å²) in [5.74, 6) is 0.465. The molecule has 1 aromatic rings. The van der Waals surface area contributed by atoms with Crippen molar-refractivity contribution in [3.05, 3.63) is 21.8 Å². The van der Waals surface area contributed by atoms with Gasteiger partial charge in [-0.2, -0.15) is 0 Å². The molecule has 1 rings (SSSR count). The van der Waals surface area contributed by atoms with Gasteiger partial charge < -0.3 is 5.32 Å². The molecule has 0 aliphatic rings. The average molecular weight is 292 g/mol. The molecule has 3 nitrogen and oxygen atoms in total. The summed E-state index contributed by atoms with van der Waals surface area (Å²) in [4.78, 5) is 15.4. The van der Waals surface area contributed by atoms with E-state index >= 15 is 0 Å². The second kappa shape index (κ2) is 6.08. The van der Waals surface area contributed by atoms with Gasteiger partial charge in [0.25, 0.3) is 0 Å². The monoisotopic (exact) mass is 290 g/mol. The molecule has 1 amide bonds. The van der Waals surface area contributed by atoms with E-state index in [9.17, 15) is 4.79 Å². The average Bonchev–Trinajstić information content (AvgIpc) is 2.20. The largest absolute Gasteiger partial charge is 0.311 e. The smallest absolute Gasteiger partial charge is 0.225 e. The van der Waals surface area contributed by atoms with Gasteiger partial charge >= 0.3 is 0 Å². The summed E-state index contributed by atoms with van der Waals surface area (Å²) < 4.78 is 0.718. The van der Waals surface area contributed by atoms with Crippen molar-refractivity contribution in [2.45, 2.75) is 26.2 Å². The van der Waals surface area contributed by atoms with Crippen LogP contribution in [0.15, 0.2) is 16.7 Å². The first-order valence-electron chi connectivity index (χ1n) is 4.74. The van der Waals surface area contributed by atoms with E-state index in [0.717, 1.165) is 17.3 Å². The molecule has 1 heterocycles. The summed E-state index contributed by atoms with van der Waals surface area (Å²) in [5, 5.41) is 3.23. The predicted molar refractivity (Wildman–Crippen MR) is 65.1 cm³/mol. The van der Waals surface area contributed by atoms with E-state index < -0.39 is 0 Å². The van der Waals surface area contributed by atoms with Crippen molar-refractivity contribution in [2.24, 2.45) is 0 Å². The first kappa shape index (κ1) is 12.5. The van der Waals surface area contributed by atoms with Gasteiger partial charge in [-0.15, -0.1) is 0 Å². The number of aromatic nitrogens is 1. The van der Waals surface area contributed by atoms with Gasteiger partial charge in [-0.05, 0) is 22.4 Å². The van der Waals surface area contributed by atoms with Crippen LogP contribution < -0.4 is 5.32 Å². The quantitative estimate of drug-likeness (QED) is 0.920. The van der Waals surface area contributed by atoms with Gasteiger partial charge in [-0.25, -0.2) is 4.98 Å². The molecule has 0 fully saturated rings. The zero-order chi connectivity index (χ0) is 11.3. The lowest BCUT2D eigenvalue weighted by Crippen LogP contribution is -2.11. The third-order valence-electron chi connectivity index (χ3n) is 1.83. The molecule has 0 atom stereocenters. The van der Waals surface area contributed by atoms with Gasteiger partial charge in [0.2, 0.25) is 5.91 Å². The normalized spacial score (nSPS) is 10.1. The van der Waals surface area contributed by atoms with E-state index in [0.29, 0.717) is 17.3 Å². The van der Waals surface area contributed by atoms with Gasteiger partial charge in [0.1, 0.15) is 5.82 Å². The molecule has 0 bridgehead atoms. The molecule has 15 heavy (non-hydrogen) atoms. The molecule has 5 heteroatoms. The van der Waals surface area contributed by atoms with Crippen molar-refractivity contribution in [3.8, 4) is 0 Å². The van der Waals surface area contributed by atoms with Crippen LogP contribution in [-0.4, -0.2) is 10.9 Å². The molecule has 0 unspecified atom stereocenters. The first-order chi connectivity index (χ1) is 7.13. The topological polar surface area (TPSA) is 42.0 Å². The van der Waals surface area contributed by atoms with E-state index in [1.807, 2.05) is 6.92 Å². The number of halogens is 2. The fourth-order valence-electron chi connectivity index (χ4n) is 1.03. The standard InChI is InChI=1S/C10H12BrClN2O/c1-2-3-4-10(15)14-9-5-8(12)7(11)6-13-9/h5-6H,2-4H2,1H3,(H,13,14,15). The third-order valence-corrected chi connectivity index (χ3v) is 3.01. The Bertz CT molecular complexity index is 357. The Morgan fingerprint density at radius 3 is 3.00 bits per heavy atom. The van der Waals surface area contributed by atoms with Gasteiger partial charge in [-0.1, -0.05) is 24.9 Å². The number of hydrogen-bond donors (Lipinski definition) is 1. The summed E-state index contributed by atoms with van der Waals surface area (Å²) in [5.41, 5.74) is 0. The Kier molecular flexibility index (Phi) is 5.05. The van der Waals surface area contributed by atoms with Crippen LogP contribution in [0.3, 0.4) is 0 Å². The fraction of sp³-hybridized carbons (Fsp3) is 0.400. The number of carbonyl (C=O) groups excluding carboxylic acids is 1. The van der Waals surface area contributed by atoms with E-state index in [1.54, 1.807) is 12.3 Å². The fourth-order valence-corrected chi connectivity index (χ4v) is 1.39. The Morgan fingerprint density at radius 2 is 2.40 bits per heavy atom. The molecule has 0 saturated carbocycles. The lowest BCUT2D eigenvalue weighted by atomic mass is 10.2. The summed E-state index contributed by atoms with van der Waals surface area (Å²) in [6, 6.07) is 1.62. The zero-order valence-electron chi connectivity index (χ0n) is 8.39. The van der Waals surface area contributed by atoms with Crippen molar-refractivity contribution in [3.63, 3.8) is 0 Å². The minimum absolute atomic E-state index is 0.0252. The number of pyridine rings is 1. The van der Waals surface area contributed by atoms with Crippen LogP contribution >= 0.6 is 27.5 Å². The number of anilines is 1. The number of unbranched alkanes of at least 4 members (excludes halogenated alkanes) is 1. The maximum absolute atomic E-state index is 11.4. The molecule has 1 aromatic heterocycles. The summed E-state index contributed by atoms with van der Waals surface area (Å²) in [6.07, 6.45) is 3.97. The molecule has 0 aromatic carbocycles. The molecule has 1 N–H and O–H groups in total. The van der Waals surface area contributed by atoms with Crippen molar-refractivity contribution in [1.82, 2.24) is 4.98 Å². The third kappa shape index (κ3) is 4.18. The van der Waals surface area contributed by atoms with Crippen molar-refractivity contribution < 1.29 is 4.79 Å². The van der Waals surface area contributed by atoms with Crippen LogP contribution in [0, 0.1) is 0 Å². The highest BCUT2D eigenvalue weighted by Gasteiger charge is 2.04. The molecule has 0 spiro atoms. The minimum atomic E-state index is -0.0252. The highest BCUT2D eigenvalue weighted by atomic mass is 79.9. The Morgan fingerprint density at radius 1 is 1.67 bits per heavy atom. The van der Waals surface area contributed by atoms with Crippen molar-refractivity contribution in [1.29, 1.82) is 0 Å². The number of hydrogen-bond acceptors (Lipinski definition) is 2. The van der Waals surface area contributed by atoms with Crippen LogP contribution in [-0.2, 0) is 4.79 Å². The molecular weight excluding hydrogens is 279 g/mol. The molecule has 82 valence electrons. The van der Waals surface area contributed by atoms with Crippen LogP contribution in [0.5, 0.6) is 0 Å². The van der Waals surface area contributed by atoms with Gasteiger partial charge in [0, 0.05) is 18.7 Å². The lowest BCUT2D eigenvalue weighted by molar-refractivity contribution is -0.116. The Labute approximate surface area is 102 Å². The van der Waals surface area contributed by atoms with Crippen LogP contribution in [0.1, 0.15) is 26.2 Å². The summed E-state index contributed by atoms with van der Waals surface area (Å²) >= 11 is 9.09. The lowest BCUT2D eigenvalue weighted by Gasteiger charge is -2.04. The molecule has 0 radical (unpaired) electrons. The summed E-state index contributed by atoms with van der Waals surface area (Å²) in [6.45, 7) is 2.04. The molecule has 0 aliphatic carbocycles. The van der Waals surface area contributed by atoms with E-state index in [2.05, 4.69) is 26.2 Å². The van der Waals surface area contributed by atoms with Crippen molar-refractivity contribution in [2.75, 3.05) is 5.32 Å². The zero-order valence-corrected chi connectivity index (χ0v) is 10.7. The van der Waals surface area contributed by atoms with Gasteiger partial charge in [0.05, 0.1) is 9.50 Å². The highest BCUT2D eigenvalue weighted by Crippen LogP contribution is 2.23. The molecular formula is C10H12BrClN2O. The van der Waals surface area contributed by atoms with Gasteiger partial charge in [0.15, 0.2) is 0 Å². The van der Waals surface area contributed by atoms with E-state index in [1.165, 1.54) is 0 Å². The SMILES string of the molecule is CCCCC(=O)Nc1cc(Cl)c(Br)cn1. The maximum Gasteiger partial charge on any atom is 0.225 e. The molecule has 0 aliphatic heterocycles. The Balaban J connectivity index is 2.57. The minimum Gasteiger partial charge on any atom is -0.311 e. The number of carbonyl (C=O) groups is 1. The number of rotatable bonds is 4. The van der Waals surface area contributed by atoms with Crippen molar-refractivity contribution >= 4 is 39.3 Å². The highest BCUT2D eigenvalue weighted by molar-refractivity contribution is 9.10. The molecule has 0 saturated heterocycles. The number of nitrogens with one attached hydrogen (secondary N) is 1. The predicted octanol–water partition coefficient (Wildman–Crippen LogP) is 3.63. The van der Waals surface area contributed by atoms with Gasteiger partial charge in [-0.3, -0.25) is 4.79 Å². The Hall–Kier alpha value is -0.610. The second-order valence-electron chi connectivity index (χ2n) is 3.14. The van der Waals surface area contributed by atoms with Crippen LogP contribution in [0.25, 0.3) is 0 Å². The van der Waals surface area contributed by atoms with Crippen LogP contribution in [0.2, 0.25) is 5.02 Å². The number of nitrogens with zero attached hydrogens (tertiary/aromatic N) is 1. The van der Waals surface area contributed by atoms with E-state index in [4.69, 9.17) is 11.6 Å². The van der Waals surface area contributed by atoms with Crippen LogP contribution in [0.4, 0.5) is 5.82 Å². The second-order valence-corrected chi connectivity index (χ2v) is 4.40. The number of amides is 1. The summed E-state index contributed by atoms with van der Waals surface area (Å²) in [7, 11) is 0. The maximum atomic E-state index is 11.4.